The topological polar surface area (TPSA) is 63.2 Å². The summed E-state index contributed by atoms with van der Waals surface area (Å²) in [5.41, 5.74) is 1.06. The fourth-order valence-electron chi connectivity index (χ4n) is 1.84. The first-order valence-corrected chi connectivity index (χ1v) is 8.74. The molecule has 0 fully saturated rings. The first kappa shape index (κ1) is 17.8. The van der Waals surface area contributed by atoms with Crippen LogP contribution in [0.1, 0.15) is 22.8 Å². The molecule has 7 heteroatoms. The van der Waals surface area contributed by atoms with E-state index in [1.807, 2.05) is 0 Å². The highest BCUT2D eigenvalue weighted by atomic mass is 32.2. The van der Waals surface area contributed by atoms with Crippen molar-refractivity contribution in [1.29, 1.82) is 0 Å². The zero-order chi connectivity index (χ0) is 17.7. The molecular formula is C17H15F2NO3S. The third-order valence-corrected chi connectivity index (χ3v) is 4.50. The second-order valence-corrected chi connectivity index (χ2v) is 6.96. The zero-order valence-electron chi connectivity index (χ0n) is 12.8. The number of carbonyl (C=O) groups is 1. The lowest BCUT2D eigenvalue weighted by molar-refractivity contribution is 0.104. The largest absolute Gasteiger partial charge is 0.289 e. The number of nitrogens with one attached hydrogen (secondary N) is 1. The third kappa shape index (κ3) is 4.73. The summed E-state index contributed by atoms with van der Waals surface area (Å²) >= 11 is 0. The van der Waals surface area contributed by atoms with Gasteiger partial charge in [-0.2, -0.15) is 0 Å². The van der Waals surface area contributed by atoms with Crippen molar-refractivity contribution in [2.75, 3.05) is 10.5 Å². The molecule has 24 heavy (non-hydrogen) atoms. The predicted octanol–water partition coefficient (Wildman–Crippen LogP) is 3.62. The van der Waals surface area contributed by atoms with Crippen molar-refractivity contribution in [3.63, 3.8) is 0 Å². The van der Waals surface area contributed by atoms with Gasteiger partial charge in [0.2, 0.25) is 10.0 Å². The number of carbonyl (C=O) groups excluding carboxylic acids is 1. The van der Waals surface area contributed by atoms with E-state index < -0.39 is 21.7 Å². The Morgan fingerprint density at radius 3 is 2.33 bits per heavy atom. The van der Waals surface area contributed by atoms with Crippen LogP contribution in [-0.4, -0.2) is 20.0 Å². The van der Waals surface area contributed by atoms with E-state index in [1.54, 1.807) is 0 Å². The molecule has 0 radical (unpaired) electrons. The van der Waals surface area contributed by atoms with Gasteiger partial charge in [0.1, 0.15) is 0 Å². The number of hydrogen-bond donors (Lipinski definition) is 1. The van der Waals surface area contributed by atoms with Crippen LogP contribution in [0.4, 0.5) is 14.5 Å². The molecule has 0 aliphatic rings. The molecule has 0 aliphatic heterocycles. The Morgan fingerprint density at radius 1 is 1.08 bits per heavy atom. The highest BCUT2D eigenvalue weighted by molar-refractivity contribution is 7.92. The summed E-state index contributed by atoms with van der Waals surface area (Å²) < 4.78 is 51.2. The van der Waals surface area contributed by atoms with Gasteiger partial charge in [0.15, 0.2) is 17.4 Å². The quantitative estimate of drug-likeness (QED) is 0.639. The molecule has 0 aliphatic carbocycles. The Hall–Kier alpha value is -2.54. The summed E-state index contributed by atoms with van der Waals surface area (Å²) in [5, 5.41) is 0. The van der Waals surface area contributed by atoms with E-state index in [1.165, 1.54) is 49.4 Å². The maximum atomic E-state index is 13.1. The van der Waals surface area contributed by atoms with Crippen LogP contribution in [0.2, 0.25) is 0 Å². The number of allylic oxidation sites excluding steroid dienone is 1. The second-order valence-electron chi connectivity index (χ2n) is 4.95. The molecule has 0 saturated carbocycles. The second kappa shape index (κ2) is 7.35. The van der Waals surface area contributed by atoms with Crippen LogP contribution in [0.15, 0.2) is 48.5 Å². The zero-order valence-corrected chi connectivity index (χ0v) is 13.6. The van der Waals surface area contributed by atoms with Crippen molar-refractivity contribution in [2.24, 2.45) is 0 Å². The number of ketones is 1. The summed E-state index contributed by atoms with van der Waals surface area (Å²) in [4.78, 5) is 12.0. The molecule has 4 nitrogen and oxygen atoms in total. The van der Waals surface area contributed by atoms with Gasteiger partial charge in [-0.1, -0.05) is 12.1 Å². The molecule has 0 amide bonds. The van der Waals surface area contributed by atoms with Crippen molar-refractivity contribution in [2.45, 2.75) is 6.92 Å². The summed E-state index contributed by atoms with van der Waals surface area (Å²) in [7, 11) is -3.37. The Kier molecular flexibility index (Phi) is 5.46. The molecule has 0 unspecified atom stereocenters. The lowest BCUT2D eigenvalue weighted by Crippen LogP contribution is -2.14. The minimum Gasteiger partial charge on any atom is -0.289 e. The number of hydrogen-bond acceptors (Lipinski definition) is 3. The van der Waals surface area contributed by atoms with Crippen molar-refractivity contribution in [3.8, 4) is 0 Å². The standard InChI is InChI=1S/C17H15F2NO3S/c1-2-24(22,23)20-14-7-5-13(6-8-14)17(21)10-4-12-3-9-15(18)16(19)11-12/h3-11,20H,2H2,1H3. The molecular weight excluding hydrogens is 336 g/mol. The highest BCUT2D eigenvalue weighted by Gasteiger charge is 2.08. The van der Waals surface area contributed by atoms with Crippen LogP contribution in [0.25, 0.3) is 6.08 Å². The van der Waals surface area contributed by atoms with Crippen LogP contribution in [0, 0.1) is 11.6 Å². The monoisotopic (exact) mass is 351 g/mol. The maximum absolute atomic E-state index is 13.1. The van der Waals surface area contributed by atoms with Crippen molar-refractivity contribution in [1.82, 2.24) is 0 Å². The molecule has 2 aromatic rings. The fourth-order valence-corrected chi connectivity index (χ4v) is 2.48. The molecule has 0 spiro atoms. The molecule has 2 aromatic carbocycles. The summed E-state index contributed by atoms with van der Waals surface area (Å²) in [6.07, 6.45) is 2.61. The first-order chi connectivity index (χ1) is 11.3. The van der Waals surface area contributed by atoms with Gasteiger partial charge in [-0.3, -0.25) is 9.52 Å². The number of sulfonamides is 1. The number of anilines is 1. The lowest BCUT2D eigenvalue weighted by Gasteiger charge is -2.06. The van der Waals surface area contributed by atoms with Crippen LogP contribution < -0.4 is 4.72 Å². The summed E-state index contributed by atoms with van der Waals surface area (Å²) in [5.74, 6) is -2.34. The SMILES string of the molecule is CCS(=O)(=O)Nc1ccc(C(=O)C=Cc2ccc(F)c(F)c2)cc1. The Balaban J connectivity index is 2.09. The van der Waals surface area contributed by atoms with Gasteiger partial charge in [-0.15, -0.1) is 0 Å². The molecule has 2 rings (SSSR count). The average Bonchev–Trinajstić information content (AvgIpc) is 2.56. The summed E-state index contributed by atoms with van der Waals surface area (Å²) in [6, 6.07) is 9.23. The van der Waals surface area contributed by atoms with Crippen LogP contribution >= 0.6 is 0 Å². The molecule has 1 N–H and O–H groups in total. The fraction of sp³-hybridized carbons (Fsp3) is 0.118. The van der Waals surface area contributed by atoms with Crippen molar-refractivity contribution < 1.29 is 22.0 Å². The number of rotatable bonds is 6. The first-order valence-electron chi connectivity index (χ1n) is 7.09. The molecule has 0 atom stereocenters. The molecule has 0 aromatic heterocycles. The van der Waals surface area contributed by atoms with E-state index >= 15 is 0 Å². The normalized spacial score (nSPS) is 11.6. The summed E-state index contributed by atoms with van der Waals surface area (Å²) in [6.45, 7) is 1.52. The van der Waals surface area contributed by atoms with Gasteiger partial charge in [0.25, 0.3) is 0 Å². The van der Waals surface area contributed by atoms with Crippen molar-refractivity contribution >= 4 is 27.6 Å². The van der Waals surface area contributed by atoms with Crippen LogP contribution in [0.3, 0.4) is 0 Å². The van der Waals surface area contributed by atoms with E-state index in [0.717, 1.165) is 12.1 Å². The van der Waals surface area contributed by atoms with Crippen molar-refractivity contribution in [3.05, 3.63) is 71.3 Å². The van der Waals surface area contributed by atoms with Gasteiger partial charge < -0.3 is 0 Å². The van der Waals surface area contributed by atoms with Crippen LogP contribution in [-0.2, 0) is 10.0 Å². The highest BCUT2D eigenvalue weighted by Crippen LogP contribution is 2.14. The van der Waals surface area contributed by atoms with Gasteiger partial charge in [0, 0.05) is 11.3 Å². The number of halogens is 2. The lowest BCUT2D eigenvalue weighted by atomic mass is 10.1. The van der Waals surface area contributed by atoms with Gasteiger partial charge in [-0.25, -0.2) is 17.2 Å². The van der Waals surface area contributed by atoms with Crippen LogP contribution in [0.5, 0.6) is 0 Å². The minimum atomic E-state index is -3.37. The van der Waals surface area contributed by atoms with Gasteiger partial charge in [0.05, 0.1) is 5.75 Å². The molecule has 0 heterocycles. The third-order valence-electron chi connectivity index (χ3n) is 3.19. The minimum absolute atomic E-state index is 0.0509. The molecule has 0 bridgehead atoms. The van der Waals surface area contributed by atoms with Gasteiger partial charge >= 0.3 is 0 Å². The van der Waals surface area contributed by atoms with E-state index in [4.69, 9.17) is 0 Å². The number of benzene rings is 2. The molecule has 0 saturated heterocycles. The van der Waals surface area contributed by atoms with Gasteiger partial charge in [-0.05, 0) is 55.0 Å². The van der Waals surface area contributed by atoms with E-state index in [9.17, 15) is 22.0 Å². The van der Waals surface area contributed by atoms with E-state index in [0.29, 0.717) is 16.8 Å². The van der Waals surface area contributed by atoms with E-state index in [-0.39, 0.29) is 11.5 Å². The smallest absolute Gasteiger partial charge is 0.232 e. The Labute approximate surface area is 138 Å². The Bertz CT molecular complexity index is 875. The predicted molar refractivity (Wildman–Crippen MR) is 89.2 cm³/mol. The van der Waals surface area contributed by atoms with E-state index in [2.05, 4.69) is 4.72 Å². The maximum Gasteiger partial charge on any atom is 0.232 e. The molecule has 126 valence electrons. The average molecular weight is 351 g/mol. The Morgan fingerprint density at radius 2 is 1.75 bits per heavy atom.